The maximum atomic E-state index is 11.7. The Morgan fingerprint density at radius 1 is 1.40 bits per heavy atom. The lowest BCUT2D eigenvalue weighted by Crippen LogP contribution is -2.40. The Kier molecular flexibility index (Phi) is 7.08. The van der Waals surface area contributed by atoms with E-state index in [1.807, 2.05) is 6.92 Å². The van der Waals surface area contributed by atoms with Crippen LogP contribution in [0.1, 0.15) is 13.3 Å². The molecular formula is C15H18ClN5O3S. The number of halogens is 1. The lowest BCUT2D eigenvalue weighted by atomic mass is 10.2. The molecule has 0 saturated heterocycles. The van der Waals surface area contributed by atoms with Crippen LogP contribution in [0.2, 0.25) is 5.02 Å². The zero-order valence-corrected chi connectivity index (χ0v) is 15.3. The average Bonchev–Trinajstić information content (AvgIpc) is 3.07. The summed E-state index contributed by atoms with van der Waals surface area (Å²) in [7, 11) is 1.55. The number of urea groups is 1. The number of aromatic nitrogens is 3. The van der Waals surface area contributed by atoms with Gasteiger partial charge in [-0.25, -0.2) is 9.78 Å². The molecule has 0 fully saturated rings. The van der Waals surface area contributed by atoms with Gasteiger partial charge in [0, 0.05) is 11.6 Å². The van der Waals surface area contributed by atoms with Crippen molar-refractivity contribution >= 4 is 35.3 Å². The third-order valence-corrected chi connectivity index (χ3v) is 4.08. The topological polar surface area (TPSA) is 109 Å². The van der Waals surface area contributed by atoms with E-state index >= 15 is 0 Å². The van der Waals surface area contributed by atoms with Crippen molar-refractivity contribution < 1.29 is 14.3 Å². The number of imide groups is 1. The second-order valence-electron chi connectivity index (χ2n) is 4.90. The van der Waals surface area contributed by atoms with Gasteiger partial charge in [0.25, 0.3) is 0 Å². The van der Waals surface area contributed by atoms with Crippen LogP contribution in [0.4, 0.5) is 4.79 Å². The van der Waals surface area contributed by atoms with Crippen LogP contribution in [-0.4, -0.2) is 46.5 Å². The van der Waals surface area contributed by atoms with Crippen molar-refractivity contribution in [2.75, 3.05) is 19.4 Å². The van der Waals surface area contributed by atoms with E-state index in [0.717, 1.165) is 18.2 Å². The molecule has 0 atom stereocenters. The fourth-order valence-electron chi connectivity index (χ4n) is 1.87. The molecule has 2 aromatic rings. The number of nitrogens with one attached hydrogen (secondary N) is 3. The molecule has 0 bridgehead atoms. The van der Waals surface area contributed by atoms with Crippen molar-refractivity contribution in [3.8, 4) is 17.1 Å². The van der Waals surface area contributed by atoms with Gasteiger partial charge in [0.15, 0.2) is 5.82 Å². The molecule has 0 aliphatic carbocycles. The number of aromatic amines is 1. The van der Waals surface area contributed by atoms with Crippen molar-refractivity contribution in [3.05, 3.63) is 23.2 Å². The number of amides is 3. The van der Waals surface area contributed by atoms with Gasteiger partial charge in [0.2, 0.25) is 11.1 Å². The van der Waals surface area contributed by atoms with Crippen molar-refractivity contribution in [1.82, 2.24) is 25.8 Å². The van der Waals surface area contributed by atoms with Gasteiger partial charge in [-0.3, -0.25) is 15.2 Å². The number of thioether (sulfide) groups is 1. The predicted octanol–water partition coefficient (Wildman–Crippen LogP) is 2.46. The second kappa shape index (κ2) is 9.28. The number of benzene rings is 1. The van der Waals surface area contributed by atoms with E-state index in [-0.39, 0.29) is 5.75 Å². The van der Waals surface area contributed by atoms with E-state index in [9.17, 15) is 9.59 Å². The Balaban J connectivity index is 1.95. The zero-order chi connectivity index (χ0) is 18.2. The molecule has 0 saturated carbocycles. The number of nitrogens with zero attached hydrogens (tertiary/aromatic N) is 2. The molecule has 0 aliphatic heterocycles. The van der Waals surface area contributed by atoms with E-state index in [1.165, 1.54) is 0 Å². The minimum Gasteiger partial charge on any atom is -0.496 e. The highest BCUT2D eigenvalue weighted by Crippen LogP contribution is 2.31. The van der Waals surface area contributed by atoms with E-state index in [4.69, 9.17) is 16.3 Å². The summed E-state index contributed by atoms with van der Waals surface area (Å²) >= 11 is 7.11. The lowest BCUT2D eigenvalue weighted by molar-refractivity contribution is -0.117. The van der Waals surface area contributed by atoms with Crippen molar-refractivity contribution in [2.24, 2.45) is 0 Å². The van der Waals surface area contributed by atoms with E-state index < -0.39 is 11.9 Å². The molecule has 3 amide bonds. The maximum Gasteiger partial charge on any atom is 0.321 e. The standard InChI is InChI=1S/C15H18ClN5O3S/c1-3-6-17-14(23)18-12(22)8-25-15-19-13(20-21-15)10-7-9(16)4-5-11(10)24-2/h4-5,7H,3,6,8H2,1-2H3,(H,19,20,21)(H2,17,18,22,23). The molecular weight excluding hydrogens is 366 g/mol. The molecule has 2 rings (SSSR count). The number of carbonyl (C=O) groups excluding carboxylic acids is 2. The fraction of sp³-hybridized carbons (Fsp3) is 0.333. The molecule has 134 valence electrons. The van der Waals surface area contributed by atoms with Gasteiger partial charge < -0.3 is 10.1 Å². The Hall–Kier alpha value is -2.26. The summed E-state index contributed by atoms with van der Waals surface area (Å²) < 4.78 is 5.28. The van der Waals surface area contributed by atoms with Crippen molar-refractivity contribution in [2.45, 2.75) is 18.5 Å². The highest BCUT2D eigenvalue weighted by molar-refractivity contribution is 7.99. The number of ether oxygens (including phenoxy) is 1. The van der Waals surface area contributed by atoms with Crippen LogP contribution in [0.25, 0.3) is 11.4 Å². The number of methoxy groups -OCH3 is 1. The molecule has 0 unspecified atom stereocenters. The van der Waals surface area contributed by atoms with Crippen LogP contribution < -0.4 is 15.4 Å². The Morgan fingerprint density at radius 3 is 2.92 bits per heavy atom. The molecule has 0 radical (unpaired) electrons. The number of H-pyrrole nitrogens is 1. The zero-order valence-electron chi connectivity index (χ0n) is 13.8. The molecule has 3 N–H and O–H groups in total. The summed E-state index contributed by atoms with van der Waals surface area (Å²) in [5.74, 6) is 0.666. The first-order valence-corrected chi connectivity index (χ1v) is 8.86. The van der Waals surface area contributed by atoms with Crippen LogP contribution in [0, 0.1) is 0 Å². The molecule has 1 heterocycles. The highest BCUT2D eigenvalue weighted by Gasteiger charge is 2.14. The van der Waals surface area contributed by atoms with Crippen LogP contribution in [0.3, 0.4) is 0 Å². The molecule has 1 aromatic heterocycles. The first-order chi connectivity index (χ1) is 12.0. The van der Waals surface area contributed by atoms with Crippen LogP contribution >= 0.6 is 23.4 Å². The Bertz CT molecular complexity index is 753. The third kappa shape index (κ3) is 5.64. The van der Waals surface area contributed by atoms with E-state index in [0.29, 0.717) is 33.9 Å². The molecule has 8 nitrogen and oxygen atoms in total. The molecule has 0 aliphatic rings. The van der Waals surface area contributed by atoms with Gasteiger partial charge in [-0.1, -0.05) is 30.3 Å². The number of rotatable bonds is 7. The highest BCUT2D eigenvalue weighted by atomic mass is 35.5. The van der Waals surface area contributed by atoms with E-state index in [2.05, 4.69) is 25.8 Å². The second-order valence-corrected chi connectivity index (χ2v) is 6.28. The molecule has 0 spiro atoms. The summed E-state index contributed by atoms with van der Waals surface area (Å²) in [6.07, 6.45) is 0.795. The normalized spacial score (nSPS) is 10.4. The number of hydrogen-bond donors (Lipinski definition) is 3. The fourth-order valence-corrected chi connectivity index (χ4v) is 2.64. The van der Waals surface area contributed by atoms with Gasteiger partial charge >= 0.3 is 6.03 Å². The van der Waals surface area contributed by atoms with Crippen LogP contribution in [0.5, 0.6) is 5.75 Å². The van der Waals surface area contributed by atoms with Gasteiger partial charge in [0.05, 0.1) is 18.4 Å². The number of carbonyl (C=O) groups is 2. The summed E-state index contributed by atoms with van der Waals surface area (Å²) in [6.45, 7) is 2.44. The Morgan fingerprint density at radius 2 is 2.20 bits per heavy atom. The smallest absolute Gasteiger partial charge is 0.321 e. The van der Waals surface area contributed by atoms with Crippen molar-refractivity contribution in [3.63, 3.8) is 0 Å². The third-order valence-electron chi connectivity index (χ3n) is 3.00. The average molecular weight is 384 g/mol. The Labute approximate surface area is 154 Å². The van der Waals surface area contributed by atoms with Crippen molar-refractivity contribution in [1.29, 1.82) is 0 Å². The molecule has 1 aromatic carbocycles. The van der Waals surface area contributed by atoms with Gasteiger partial charge in [0.1, 0.15) is 5.75 Å². The quantitative estimate of drug-likeness (QED) is 0.633. The largest absolute Gasteiger partial charge is 0.496 e. The molecule has 25 heavy (non-hydrogen) atoms. The number of hydrogen-bond acceptors (Lipinski definition) is 6. The monoisotopic (exact) mass is 383 g/mol. The lowest BCUT2D eigenvalue weighted by Gasteiger charge is -2.05. The summed E-state index contributed by atoms with van der Waals surface area (Å²) in [6, 6.07) is 4.64. The predicted molar refractivity (Wildman–Crippen MR) is 95.9 cm³/mol. The summed E-state index contributed by atoms with van der Waals surface area (Å²) in [4.78, 5) is 27.4. The summed E-state index contributed by atoms with van der Waals surface area (Å²) in [5.41, 5.74) is 0.665. The van der Waals surface area contributed by atoms with Crippen LogP contribution in [-0.2, 0) is 4.79 Å². The first-order valence-electron chi connectivity index (χ1n) is 7.50. The first kappa shape index (κ1) is 19.1. The maximum absolute atomic E-state index is 11.7. The van der Waals surface area contributed by atoms with E-state index in [1.54, 1.807) is 25.3 Å². The minimum absolute atomic E-state index is 0.0174. The molecule has 10 heteroatoms. The van der Waals surface area contributed by atoms with Gasteiger partial charge in [-0.15, -0.1) is 5.10 Å². The van der Waals surface area contributed by atoms with Crippen LogP contribution in [0.15, 0.2) is 23.4 Å². The minimum atomic E-state index is -0.508. The van der Waals surface area contributed by atoms with Gasteiger partial charge in [-0.05, 0) is 24.6 Å². The van der Waals surface area contributed by atoms with Gasteiger partial charge in [-0.2, -0.15) is 0 Å². The SMILES string of the molecule is CCCNC(=O)NC(=O)CSc1n[nH]c(-c2cc(Cl)ccc2OC)n1. The summed E-state index contributed by atoms with van der Waals surface area (Å²) in [5, 5.41) is 12.5.